The number of nitrogens with zero attached hydrogens (tertiary/aromatic N) is 3. The first-order valence-corrected chi connectivity index (χ1v) is 15.7. The second-order valence-electron chi connectivity index (χ2n) is 8.43. The van der Waals surface area contributed by atoms with Crippen molar-refractivity contribution in [2.75, 3.05) is 6.61 Å². The van der Waals surface area contributed by atoms with E-state index in [0.29, 0.717) is 5.69 Å². The first-order chi connectivity index (χ1) is 19.0. The Kier molecular flexibility index (Phi) is 9.08. The van der Waals surface area contributed by atoms with Crippen LogP contribution < -0.4 is 11.2 Å². The number of hydrogen-bond acceptors (Lipinski definition) is 13. The highest BCUT2D eigenvalue weighted by molar-refractivity contribution is 7.66. The van der Waals surface area contributed by atoms with Crippen molar-refractivity contribution in [1.29, 1.82) is 0 Å². The van der Waals surface area contributed by atoms with Crippen LogP contribution in [0.25, 0.3) is 5.69 Å². The van der Waals surface area contributed by atoms with Gasteiger partial charge in [-0.15, -0.1) is 5.10 Å². The number of aromatic nitrogens is 5. The Hall–Kier alpha value is -2.67. The van der Waals surface area contributed by atoms with Crippen molar-refractivity contribution in [3.63, 3.8) is 0 Å². The number of phosphoric ester groups is 1. The lowest BCUT2D eigenvalue weighted by Gasteiger charge is -2.19. The van der Waals surface area contributed by atoms with Crippen molar-refractivity contribution < 1.29 is 61.4 Å². The highest BCUT2D eigenvalue weighted by atomic mass is 31.3. The number of phosphoric acid groups is 3. The summed E-state index contributed by atoms with van der Waals surface area (Å²) < 4.78 is 52.8. The van der Waals surface area contributed by atoms with E-state index in [1.165, 1.54) is 10.9 Å². The number of aliphatic hydroxyl groups excluding tert-OH is 2. The van der Waals surface area contributed by atoms with E-state index in [0.717, 1.165) is 0 Å². The number of aromatic amines is 2. The van der Waals surface area contributed by atoms with Crippen LogP contribution >= 0.6 is 23.5 Å². The molecule has 2 aromatic heterocycles. The summed E-state index contributed by atoms with van der Waals surface area (Å²) in [6, 6.07) is 8.85. The molecule has 20 nitrogen and oxygen atoms in total. The molecule has 0 amide bonds. The lowest BCUT2D eigenvalue weighted by Crippen LogP contribution is -2.35. The number of aliphatic hydroxyl groups is 2. The van der Waals surface area contributed by atoms with Crippen LogP contribution in [0.15, 0.2) is 46.1 Å². The van der Waals surface area contributed by atoms with Crippen LogP contribution in [-0.4, -0.2) is 79.7 Å². The molecular formula is C18H22N5O15P3. The quantitative estimate of drug-likeness (QED) is 0.113. The van der Waals surface area contributed by atoms with Gasteiger partial charge in [0.05, 0.1) is 29.7 Å². The number of ether oxygens (including phenoxy) is 1. The summed E-state index contributed by atoms with van der Waals surface area (Å²) in [7, 11) is -17.0. The fraction of sp³-hybridized carbons (Fsp3) is 0.333. The summed E-state index contributed by atoms with van der Waals surface area (Å²) in [6.45, 7) is -1.10. The molecule has 8 N–H and O–H groups in total. The Bertz CT molecular complexity index is 1650. The van der Waals surface area contributed by atoms with Gasteiger partial charge < -0.3 is 39.5 Å². The molecule has 0 bridgehead atoms. The molecule has 1 fully saturated rings. The molecule has 23 heteroatoms. The van der Waals surface area contributed by atoms with E-state index in [-0.39, 0.29) is 23.4 Å². The van der Waals surface area contributed by atoms with Gasteiger partial charge in [-0.2, -0.15) is 8.62 Å². The first kappa shape index (κ1) is 31.3. The van der Waals surface area contributed by atoms with Crippen LogP contribution in [0, 0.1) is 0 Å². The van der Waals surface area contributed by atoms with Crippen LogP contribution in [0.1, 0.15) is 23.1 Å². The molecule has 1 aromatic carbocycles. The number of H-pyrrole nitrogens is 2. The number of benzene rings is 1. The van der Waals surface area contributed by atoms with Gasteiger partial charge in [0, 0.05) is 12.1 Å². The zero-order valence-corrected chi connectivity index (χ0v) is 22.9. The average molecular weight is 641 g/mol. The van der Waals surface area contributed by atoms with Crippen LogP contribution in [0.2, 0.25) is 0 Å². The normalized spacial score (nSPS) is 24.1. The van der Waals surface area contributed by atoms with Crippen molar-refractivity contribution in [3.8, 4) is 5.69 Å². The molecule has 3 aromatic rings. The predicted octanol–water partition coefficient (Wildman–Crippen LogP) is -1.26. The van der Waals surface area contributed by atoms with E-state index in [4.69, 9.17) is 14.5 Å². The Morgan fingerprint density at radius 1 is 0.951 bits per heavy atom. The van der Waals surface area contributed by atoms with Gasteiger partial charge in [-0.1, -0.05) is 23.4 Å². The minimum Gasteiger partial charge on any atom is -0.387 e. The molecule has 224 valence electrons. The van der Waals surface area contributed by atoms with Crippen LogP contribution in [0.3, 0.4) is 0 Å². The van der Waals surface area contributed by atoms with Gasteiger partial charge in [-0.25, -0.2) is 23.2 Å². The van der Waals surface area contributed by atoms with Crippen molar-refractivity contribution >= 4 is 23.5 Å². The van der Waals surface area contributed by atoms with Gasteiger partial charge in [0.25, 0.3) is 5.56 Å². The summed E-state index contributed by atoms with van der Waals surface area (Å²) in [4.78, 5) is 65.2. The molecule has 1 aliphatic rings. The monoisotopic (exact) mass is 641 g/mol. The fourth-order valence-corrected chi connectivity index (χ4v) is 6.88. The van der Waals surface area contributed by atoms with Crippen LogP contribution in [0.5, 0.6) is 0 Å². The standard InChI is InChI=1S/C18H22N5O15P3/c24-14-12(8-35-40(31,32)38-41(33,34)37-39(28,29)30)36-16(15(14)25)13-11(19-18(27)20-17(13)26)6-9-7-23(22-21-9)10-4-2-1-3-5-10/h1-5,7,12,14-16,24-25H,6,8H2,(H,31,32)(H,33,34)(H2,28,29,30)(H2,19,20,26,27)/t12-,14?,15+,16+/m1/s1. The largest absolute Gasteiger partial charge is 0.490 e. The van der Waals surface area contributed by atoms with Crippen molar-refractivity contribution in [1.82, 2.24) is 25.0 Å². The molecule has 6 atom stereocenters. The number of rotatable bonds is 11. The minimum absolute atomic E-state index is 0.0661. The van der Waals surface area contributed by atoms with Crippen LogP contribution in [0.4, 0.5) is 0 Å². The third-order valence-corrected chi connectivity index (χ3v) is 9.25. The zero-order chi connectivity index (χ0) is 30.2. The smallest absolute Gasteiger partial charge is 0.387 e. The third kappa shape index (κ3) is 8.00. The van der Waals surface area contributed by atoms with Gasteiger partial charge in [0.1, 0.15) is 24.4 Å². The molecule has 1 saturated heterocycles. The van der Waals surface area contributed by atoms with Gasteiger partial charge in [-0.05, 0) is 12.1 Å². The molecule has 0 spiro atoms. The maximum atomic E-state index is 12.7. The predicted molar refractivity (Wildman–Crippen MR) is 131 cm³/mol. The third-order valence-electron chi connectivity index (χ3n) is 5.45. The molecule has 0 saturated carbocycles. The lowest BCUT2D eigenvalue weighted by molar-refractivity contribution is -0.0230. The van der Waals surface area contributed by atoms with Gasteiger partial charge in [0.2, 0.25) is 0 Å². The summed E-state index contributed by atoms with van der Waals surface area (Å²) in [5.74, 6) is 0. The van der Waals surface area contributed by atoms with Crippen molar-refractivity contribution in [2.45, 2.75) is 30.8 Å². The lowest BCUT2D eigenvalue weighted by atomic mass is 9.99. The summed E-state index contributed by atoms with van der Waals surface area (Å²) >= 11 is 0. The maximum Gasteiger partial charge on any atom is 0.490 e. The van der Waals surface area contributed by atoms with E-state index < -0.39 is 65.7 Å². The van der Waals surface area contributed by atoms with E-state index in [9.17, 15) is 43.3 Å². The molecule has 3 heterocycles. The van der Waals surface area contributed by atoms with E-state index in [2.05, 4.69) is 28.4 Å². The molecule has 3 unspecified atom stereocenters. The fourth-order valence-electron chi connectivity index (χ4n) is 3.85. The topological polar surface area (TPSA) is 306 Å². The van der Waals surface area contributed by atoms with Crippen molar-refractivity contribution in [2.24, 2.45) is 0 Å². The van der Waals surface area contributed by atoms with Crippen LogP contribution in [-0.2, 0) is 38.0 Å². The first-order valence-electron chi connectivity index (χ1n) is 11.2. The molecular weight excluding hydrogens is 619 g/mol. The minimum atomic E-state index is -5.80. The highest BCUT2D eigenvalue weighted by Gasteiger charge is 2.47. The maximum absolute atomic E-state index is 12.7. The highest BCUT2D eigenvalue weighted by Crippen LogP contribution is 2.66. The van der Waals surface area contributed by atoms with E-state index in [1.54, 1.807) is 30.3 Å². The van der Waals surface area contributed by atoms with Crippen molar-refractivity contribution in [3.05, 3.63) is 74.3 Å². The summed E-state index contributed by atoms with van der Waals surface area (Å²) in [5, 5.41) is 29.0. The Labute approximate surface area is 227 Å². The second-order valence-corrected chi connectivity index (χ2v) is 12.9. The zero-order valence-electron chi connectivity index (χ0n) is 20.2. The molecule has 4 rings (SSSR count). The molecule has 41 heavy (non-hydrogen) atoms. The molecule has 0 aliphatic carbocycles. The molecule has 1 aliphatic heterocycles. The summed E-state index contributed by atoms with van der Waals surface area (Å²) in [6.07, 6.45) is -5.67. The Morgan fingerprint density at radius 2 is 1.63 bits per heavy atom. The van der Waals surface area contributed by atoms with Gasteiger partial charge in [-0.3, -0.25) is 14.3 Å². The second kappa shape index (κ2) is 11.9. The average Bonchev–Trinajstić information content (AvgIpc) is 3.41. The SMILES string of the molecule is O=c1[nH]c(Cc2cn(-c3ccccc3)nn2)c([C@@H]2O[C@H](COP(=O)(O)OP(=O)(O)OP(=O)(O)O)C(O)[C@@H]2O)c(=O)[nH]1. The van der Waals surface area contributed by atoms with Gasteiger partial charge >= 0.3 is 29.2 Å². The van der Waals surface area contributed by atoms with E-state index >= 15 is 0 Å². The Morgan fingerprint density at radius 3 is 2.29 bits per heavy atom. The summed E-state index contributed by atoms with van der Waals surface area (Å²) in [5.41, 5.74) is -1.34. The number of para-hydroxylation sites is 1. The Balaban J connectivity index is 1.52. The van der Waals surface area contributed by atoms with E-state index in [1.807, 2.05) is 4.98 Å². The number of hydrogen-bond donors (Lipinski definition) is 8. The molecule has 0 radical (unpaired) electrons. The number of nitrogens with one attached hydrogen (secondary N) is 2. The van der Waals surface area contributed by atoms with Gasteiger partial charge in [0.15, 0.2) is 0 Å².